The lowest BCUT2D eigenvalue weighted by Crippen LogP contribution is -2.37. The van der Waals surface area contributed by atoms with Gasteiger partial charge in [-0.1, -0.05) is 0 Å². The Morgan fingerprint density at radius 3 is 2.62 bits per heavy atom. The lowest BCUT2D eigenvalue weighted by molar-refractivity contribution is -0.134. The molecule has 0 spiro atoms. The van der Waals surface area contributed by atoms with E-state index < -0.39 is 0 Å². The highest BCUT2D eigenvalue weighted by Gasteiger charge is 2.36. The molecular formula is C16H28N2O3. The van der Waals surface area contributed by atoms with Crippen LogP contribution in [0.3, 0.4) is 0 Å². The summed E-state index contributed by atoms with van der Waals surface area (Å²) in [5, 5.41) is 0. The zero-order chi connectivity index (χ0) is 15.4. The molecule has 2 amide bonds. The highest BCUT2D eigenvalue weighted by atomic mass is 16.5. The molecule has 1 atom stereocenters. The Kier molecular flexibility index (Phi) is 5.62. The number of nitrogens with zero attached hydrogens (tertiary/aromatic N) is 2. The second-order valence-electron chi connectivity index (χ2n) is 6.65. The molecule has 120 valence electrons. The van der Waals surface area contributed by atoms with Crippen molar-refractivity contribution in [1.82, 2.24) is 9.80 Å². The number of carbonyl (C=O) groups excluding carboxylic acids is 2. The van der Waals surface area contributed by atoms with Gasteiger partial charge in [-0.25, -0.2) is 0 Å². The van der Waals surface area contributed by atoms with Crippen molar-refractivity contribution < 1.29 is 14.3 Å². The third-order valence-electron chi connectivity index (χ3n) is 4.72. The molecule has 5 heteroatoms. The SMILES string of the molecule is CC(C)N1CC(C(=O)N(C)CCC2CCOCC2)CC1=O. The van der Waals surface area contributed by atoms with Gasteiger partial charge in [-0.3, -0.25) is 9.59 Å². The number of likely N-dealkylation sites (tertiary alicyclic amines) is 1. The van der Waals surface area contributed by atoms with Crippen molar-refractivity contribution in [2.75, 3.05) is 33.4 Å². The van der Waals surface area contributed by atoms with Crippen molar-refractivity contribution >= 4 is 11.8 Å². The summed E-state index contributed by atoms with van der Waals surface area (Å²) >= 11 is 0. The Hall–Kier alpha value is -1.10. The Balaban J connectivity index is 1.78. The second kappa shape index (κ2) is 7.25. The van der Waals surface area contributed by atoms with E-state index in [2.05, 4.69) is 0 Å². The van der Waals surface area contributed by atoms with Gasteiger partial charge in [0.1, 0.15) is 0 Å². The first-order valence-corrected chi connectivity index (χ1v) is 8.11. The number of amides is 2. The van der Waals surface area contributed by atoms with Crippen molar-refractivity contribution in [3.8, 4) is 0 Å². The molecule has 0 radical (unpaired) electrons. The largest absolute Gasteiger partial charge is 0.381 e. The average molecular weight is 296 g/mol. The van der Waals surface area contributed by atoms with Crippen LogP contribution in [-0.2, 0) is 14.3 Å². The number of hydrogen-bond acceptors (Lipinski definition) is 3. The van der Waals surface area contributed by atoms with Gasteiger partial charge in [0.05, 0.1) is 5.92 Å². The van der Waals surface area contributed by atoms with Gasteiger partial charge in [0.15, 0.2) is 0 Å². The van der Waals surface area contributed by atoms with Gasteiger partial charge in [-0.05, 0) is 39.0 Å². The third kappa shape index (κ3) is 4.19. The molecule has 0 aromatic carbocycles. The smallest absolute Gasteiger partial charge is 0.227 e. The summed E-state index contributed by atoms with van der Waals surface area (Å²) in [6.07, 6.45) is 3.62. The lowest BCUT2D eigenvalue weighted by atomic mass is 9.96. The van der Waals surface area contributed by atoms with Gasteiger partial charge in [0, 0.05) is 45.8 Å². The zero-order valence-corrected chi connectivity index (χ0v) is 13.5. The third-order valence-corrected chi connectivity index (χ3v) is 4.72. The van der Waals surface area contributed by atoms with E-state index in [1.54, 1.807) is 0 Å². The molecule has 21 heavy (non-hydrogen) atoms. The first-order chi connectivity index (χ1) is 9.99. The van der Waals surface area contributed by atoms with Gasteiger partial charge >= 0.3 is 0 Å². The van der Waals surface area contributed by atoms with Crippen LogP contribution in [-0.4, -0.2) is 61.0 Å². The second-order valence-corrected chi connectivity index (χ2v) is 6.65. The van der Waals surface area contributed by atoms with E-state index in [4.69, 9.17) is 4.74 Å². The summed E-state index contributed by atoms with van der Waals surface area (Å²) in [6, 6.07) is 0.183. The molecule has 0 N–H and O–H groups in total. The van der Waals surface area contributed by atoms with Crippen molar-refractivity contribution in [2.45, 2.75) is 45.6 Å². The van der Waals surface area contributed by atoms with Crippen molar-refractivity contribution in [2.24, 2.45) is 11.8 Å². The maximum atomic E-state index is 12.5. The number of rotatable bonds is 5. The van der Waals surface area contributed by atoms with Gasteiger partial charge in [-0.2, -0.15) is 0 Å². The van der Waals surface area contributed by atoms with Crippen LogP contribution in [0, 0.1) is 11.8 Å². The summed E-state index contributed by atoms with van der Waals surface area (Å²) in [5.41, 5.74) is 0. The molecule has 0 bridgehead atoms. The molecule has 0 aliphatic carbocycles. The number of ether oxygens (including phenoxy) is 1. The molecule has 2 aliphatic heterocycles. The van der Waals surface area contributed by atoms with E-state index in [9.17, 15) is 9.59 Å². The molecule has 0 aromatic heterocycles. The van der Waals surface area contributed by atoms with E-state index in [1.165, 1.54) is 0 Å². The summed E-state index contributed by atoms with van der Waals surface area (Å²) in [7, 11) is 1.87. The topological polar surface area (TPSA) is 49.9 Å². The zero-order valence-electron chi connectivity index (χ0n) is 13.5. The highest BCUT2D eigenvalue weighted by Crippen LogP contribution is 2.23. The van der Waals surface area contributed by atoms with Crippen LogP contribution < -0.4 is 0 Å². The molecular weight excluding hydrogens is 268 g/mol. The molecule has 2 heterocycles. The minimum Gasteiger partial charge on any atom is -0.381 e. The van der Waals surface area contributed by atoms with E-state index >= 15 is 0 Å². The fourth-order valence-corrected chi connectivity index (χ4v) is 3.23. The average Bonchev–Trinajstić information content (AvgIpc) is 2.87. The lowest BCUT2D eigenvalue weighted by Gasteiger charge is -2.26. The van der Waals surface area contributed by atoms with Crippen LogP contribution >= 0.6 is 0 Å². The minimum absolute atomic E-state index is 0.112. The first-order valence-electron chi connectivity index (χ1n) is 8.11. The Bertz CT molecular complexity index is 378. The van der Waals surface area contributed by atoms with Crippen molar-refractivity contribution in [1.29, 1.82) is 0 Å². The minimum atomic E-state index is -0.153. The quantitative estimate of drug-likeness (QED) is 0.773. The summed E-state index contributed by atoms with van der Waals surface area (Å²) in [5.74, 6) is 0.755. The number of carbonyl (C=O) groups is 2. The predicted octanol–water partition coefficient (Wildman–Crippen LogP) is 1.52. The van der Waals surface area contributed by atoms with Gasteiger partial charge < -0.3 is 14.5 Å². The molecule has 0 aromatic rings. The molecule has 1 unspecified atom stereocenters. The molecule has 0 saturated carbocycles. The Morgan fingerprint density at radius 1 is 1.38 bits per heavy atom. The highest BCUT2D eigenvalue weighted by molar-refractivity contribution is 5.89. The van der Waals surface area contributed by atoms with Crippen LogP contribution in [0.5, 0.6) is 0 Å². The van der Waals surface area contributed by atoms with E-state index in [0.717, 1.165) is 39.0 Å². The summed E-state index contributed by atoms with van der Waals surface area (Å²) in [4.78, 5) is 28.0. The van der Waals surface area contributed by atoms with E-state index in [-0.39, 0.29) is 23.8 Å². The molecule has 2 rings (SSSR count). The first kappa shape index (κ1) is 16.3. The van der Waals surface area contributed by atoms with Crippen LogP contribution in [0.25, 0.3) is 0 Å². The molecule has 2 aliphatic rings. The molecule has 5 nitrogen and oxygen atoms in total. The fraction of sp³-hybridized carbons (Fsp3) is 0.875. The van der Waals surface area contributed by atoms with Crippen LogP contribution in [0.1, 0.15) is 39.5 Å². The van der Waals surface area contributed by atoms with Crippen LogP contribution in [0.15, 0.2) is 0 Å². The van der Waals surface area contributed by atoms with E-state index in [1.807, 2.05) is 30.7 Å². The maximum absolute atomic E-state index is 12.5. The van der Waals surface area contributed by atoms with Crippen molar-refractivity contribution in [3.63, 3.8) is 0 Å². The van der Waals surface area contributed by atoms with Gasteiger partial charge in [0.2, 0.25) is 11.8 Å². The Labute approximate surface area is 127 Å². The fourth-order valence-electron chi connectivity index (χ4n) is 3.23. The van der Waals surface area contributed by atoms with E-state index in [0.29, 0.717) is 18.9 Å². The standard InChI is InChI=1S/C16H28N2O3/c1-12(2)18-11-14(10-15(18)19)16(20)17(3)7-4-13-5-8-21-9-6-13/h12-14H,4-11H2,1-3H3. The molecule has 2 saturated heterocycles. The van der Waals surface area contributed by atoms with Gasteiger partial charge in [-0.15, -0.1) is 0 Å². The van der Waals surface area contributed by atoms with Gasteiger partial charge in [0.25, 0.3) is 0 Å². The van der Waals surface area contributed by atoms with Crippen LogP contribution in [0.4, 0.5) is 0 Å². The Morgan fingerprint density at radius 2 is 2.05 bits per heavy atom. The normalized spacial score (nSPS) is 23.9. The summed E-state index contributed by atoms with van der Waals surface area (Å²) < 4.78 is 5.36. The molecule has 2 fully saturated rings. The van der Waals surface area contributed by atoms with Crippen molar-refractivity contribution in [3.05, 3.63) is 0 Å². The number of hydrogen-bond donors (Lipinski definition) is 0. The maximum Gasteiger partial charge on any atom is 0.227 e. The summed E-state index contributed by atoms with van der Waals surface area (Å²) in [6.45, 7) is 7.07. The monoisotopic (exact) mass is 296 g/mol. The predicted molar refractivity (Wildman–Crippen MR) is 80.8 cm³/mol. The van der Waals surface area contributed by atoms with Crippen LogP contribution in [0.2, 0.25) is 0 Å².